The number of nitrogens with one attached hydrogen (secondary N) is 2. The SMILES string of the molecule is O=C(NCN1CCOCC1)NC1CCCCC1. The van der Waals surface area contributed by atoms with Crippen molar-refractivity contribution in [3.05, 3.63) is 0 Å². The van der Waals surface area contributed by atoms with E-state index in [4.69, 9.17) is 4.74 Å². The zero-order chi connectivity index (χ0) is 11.9. The summed E-state index contributed by atoms with van der Waals surface area (Å²) in [5.41, 5.74) is 0. The molecule has 2 rings (SSSR count). The third-order valence-corrected chi connectivity index (χ3v) is 3.51. The lowest BCUT2D eigenvalue weighted by atomic mass is 9.96. The molecule has 0 aromatic rings. The van der Waals surface area contributed by atoms with E-state index in [2.05, 4.69) is 15.5 Å². The van der Waals surface area contributed by atoms with Crippen LogP contribution in [0.25, 0.3) is 0 Å². The standard InChI is InChI=1S/C12H23N3O2/c16-12(14-11-4-2-1-3-5-11)13-10-15-6-8-17-9-7-15/h11H,1-10H2,(H2,13,14,16). The number of amides is 2. The number of carbonyl (C=O) groups is 1. The van der Waals surface area contributed by atoms with Crippen LogP contribution in [0.5, 0.6) is 0 Å². The molecule has 0 unspecified atom stereocenters. The quantitative estimate of drug-likeness (QED) is 0.772. The van der Waals surface area contributed by atoms with Crippen molar-refractivity contribution in [2.24, 2.45) is 0 Å². The Morgan fingerprint density at radius 3 is 2.59 bits per heavy atom. The van der Waals surface area contributed by atoms with Crippen molar-refractivity contribution in [3.8, 4) is 0 Å². The molecular weight excluding hydrogens is 218 g/mol. The molecule has 1 heterocycles. The number of nitrogens with zero attached hydrogens (tertiary/aromatic N) is 1. The third-order valence-electron chi connectivity index (χ3n) is 3.51. The van der Waals surface area contributed by atoms with E-state index < -0.39 is 0 Å². The van der Waals surface area contributed by atoms with E-state index in [1.54, 1.807) is 0 Å². The Labute approximate surface area is 103 Å². The number of carbonyl (C=O) groups excluding carboxylic acids is 1. The molecule has 0 aromatic heterocycles. The van der Waals surface area contributed by atoms with E-state index in [0.29, 0.717) is 12.7 Å². The fourth-order valence-corrected chi connectivity index (χ4v) is 2.43. The molecule has 0 atom stereocenters. The molecule has 1 saturated carbocycles. The van der Waals surface area contributed by atoms with Crippen molar-refractivity contribution in [1.29, 1.82) is 0 Å². The summed E-state index contributed by atoms with van der Waals surface area (Å²) in [6.07, 6.45) is 6.06. The highest BCUT2D eigenvalue weighted by Gasteiger charge is 2.16. The Hall–Kier alpha value is -0.810. The summed E-state index contributed by atoms with van der Waals surface area (Å²) in [5.74, 6) is 0. The second-order valence-corrected chi connectivity index (χ2v) is 4.87. The number of morpholine rings is 1. The minimum atomic E-state index is -0.0246. The van der Waals surface area contributed by atoms with E-state index in [1.165, 1.54) is 19.3 Å². The average Bonchev–Trinajstić information content (AvgIpc) is 2.39. The van der Waals surface area contributed by atoms with Gasteiger partial charge in [0.25, 0.3) is 0 Å². The second kappa shape index (κ2) is 6.81. The number of hydrogen-bond donors (Lipinski definition) is 2. The van der Waals surface area contributed by atoms with Gasteiger partial charge in [0.15, 0.2) is 0 Å². The van der Waals surface area contributed by atoms with Crippen molar-refractivity contribution < 1.29 is 9.53 Å². The lowest BCUT2D eigenvalue weighted by Gasteiger charge is -2.28. The van der Waals surface area contributed by atoms with Crippen molar-refractivity contribution in [2.75, 3.05) is 33.0 Å². The molecular formula is C12H23N3O2. The van der Waals surface area contributed by atoms with Crippen molar-refractivity contribution in [1.82, 2.24) is 15.5 Å². The van der Waals surface area contributed by atoms with Crippen LogP contribution in [0, 0.1) is 0 Å². The van der Waals surface area contributed by atoms with Gasteiger partial charge in [0, 0.05) is 19.1 Å². The van der Waals surface area contributed by atoms with E-state index >= 15 is 0 Å². The maximum absolute atomic E-state index is 11.7. The number of urea groups is 1. The first-order valence-electron chi connectivity index (χ1n) is 6.69. The van der Waals surface area contributed by atoms with E-state index in [1.807, 2.05) is 0 Å². The van der Waals surface area contributed by atoms with Gasteiger partial charge in [-0.05, 0) is 12.8 Å². The highest BCUT2D eigenvalue weighted by atomic mass is 16.5. The molecule has 98 valence electrons. The Morgan fingerprint density at radius 1 is 1.18 bits per heavy atom. The minimum absolute atomic E-state index is 0.0246. The molecule has 17 heavy (non-hydrogen) atoms. The summed E-state index contributed by atoms with van der Waals surface area (Å²) in [5, 5.41) is 5.97. The van der Waals surface area contributed by atoms with Crippen molar-refractivity contribution in [2.45, 2.75) is 38.1 Å². The summed E-state index contributed by atoms with van der Waals surface area (Å²) >= 11 is 0. The number of ether oxygens (including phenoxy) is 1. The smallest absolute Gasteiger partial charge is 0.316 e. The van der Waals surface area contributed by atoms with E-state index in [-0.39, 0.29) is 6.03 Å². The zero-order valence-corrected chi connectivity index (χ0v) is 10.4. The van der Waals surface area contributed by atoms with E-state index in [9.17, 15) is 4.79 Å². The summed E-state index contributed by atoms with van der Waals surface area (Å²) in [7, 11) is 0. The monoisotopic (exact) mass is 241 g/mol. The van der Waals surface area contributed by atoms with Gasteiger partial charge in [-0.3, -0.25) is 4.90 Å². The lowest BCUT2D eigenvalue weighted by molar-refractivity contribution is 0.0355. The summed E-state index contributed by atoms with van der Waals surface area (Å²) in [4.78, 5) is 13.9. The molecule has 2 fully saturated rings. The Morgan fingerprint density at radius 2 is 1.88 bits per heavy atom. The van der Waals surface area contributed by atoms with Crippen LogP contribution in [0.2, 0.25) is 0 Å². The predicted octanol–water partition coefficient (Wildman–Crippen LogP) is 0.908. The summed E-state index contributed by atoms with van der Waals surface area (Å²) in [6, 6.07) is 0.358. The Balaban J connectivity index is 1.59. The fourth-order valence-electron chi connectivity index (χ4n) is 2.43. The first-order chi connectivity index (χ1) is 8.34. The topological polar surface area (TPSA) is 53.6 Å². The van der Waals surface area contributed by atoms with Gasteiger partial charge < -0.3 is 15.4 Å². The molecule has 0 aromatic carbocycles. The van der Waals surface area contributed by atoms with Crippen LogP contribution in [-0.4, -0.2) is 49.9 Å². The molecule has 2 aliphatic rings. The summed E-state index contributed by atoms with van der Waals surface area (Å²) in [6.45, 7) is 3.98. The molecule has 2 amide bonds. The van der Waals surface area contributed by atoms with E-state index in [0.717, 1.165) is 39.1 Å². The van der Waals surface area contributed by atoms with Crippen LogP contribution in [-0.2, 0) is 4.74 Å². The van der Waals surface area contributed by atoms with Gasteiger partial charge in [-0.2, -0.15) is 0 Å². The molecule has 0 spiro atoms. The van der Waals surface area contributed by atoms with Gasteiger partial charge in [-0.1, -0.05) is 19.3 Å². The van der Waals surface area contributed by atoms with Crippen molar-refractivity contribution >= 4 is 6.03 Å². The van der Waals surface area contributed by atoms with Gasteiger partial charge >= 0.3 is 6.03 Å². The first-order valence-corrected chi connectivity index (χ1v) is 6.69. The maximum Gasteiger partial charge on any atom is 0.316 e. The number of hydrogen-bond acceptors (Lipinski definition) is 3. The molecule has 5 nitrogen and oxygen atoms in total. The third kappa shape index (κ3) is 4.52. The van der Waals surface area contributed by atoms with Crippen LogP contribution in [0.1, 0.15) is 32.1 Å². The van der Waals surface area contributed by atoms with Crippen LogP contribution in [0.15, 0.2) is 0 Å². The molecule has 1 saturated heterocycles. The van der Waals surface area contributed by atoms with Gasteiger partial charge in [0.05, 0.1) is 19.9 Å². The predicted molar refractivity (Wildman–Crippen MR) is 65.8 cm³/mol. The minimum Gasteiger partial charge on any atom is -0.379 e. The van der Waals surface area contributed by atoms with Crippen LogP contribution in [0.3, 0.4) is 0 Å². The molecule has 5 heteroatoms. The van der Waals surface area contributed by atoms with Crippen molar-refractivity contribution in [3.63, 3.8) is 0 Å². The van der Waals surface area contributed by atoms with Gasteiger partial charge in [0.1, 0.15) is 0 Å². The van der Waals surface area contributed by atoms with Crippen LogP contribution < -0.4 is 10.6 Å². The Bertz CT molecular complexity index is 236. The Kier molecular flexibility index (Phi) is 5.07. The summed E-state index contributed by atoms with van der Waals surface area (Å²) < 4.78 is 5.26. The highest BCUT2D eigenvalue weighted by Crippen LogP contribution is 2.17. The van der Waals surface area contributed by atoms with Crippen LogP contribution in [0.4, 0.5) is 4.79 Å². The van der Waals surface area contributed by atoms with Gasteiger partial charge in [-0.15, -0.1) is 0 Å². The maximum atomic E-state index is 11.7. The van der Waals surface area contributed by atoms with Gasteiger partial charge in [0.2, 0.25) is 0 Å². The number of rotatable bonds is 3. The average molecular weight is 241 g/mol. The molecule has 0 radical (unpaired) electrons. The normalized spacial score (nSPS) is 23.3. The van der Waals surface area contributed by atoms with Crippen LogP contribution >= 0.6 is 0 Å². The molecule has 1 aliphatic heterocycles. The molecule has 0 bridgehead atoms. The largest absolute Gasteiger partial charge is 0.379 e. The second-order valence-electron chi connectivity index (χ2n) is 4.87. The molecule has 2 N–H and O–H groups in total. The first kappa shape index (κ1) is 12.6. The fraction of sp³-hybridized carbons (Fsp3) is 0.917. The van der Waals surface area contributed by atoms with Gasteiger partial charge in [-0.25, -0.2) is 4.79 Å². The highest BCUT2D eigenvalue weighted by molar-refractivity contribution is 5.74. The zero-order valence-electron chi connectivity index (χ0n) is 10.4. The lowest BCUT2D eigenvalue weighted by Crippen LogP contribution is -2.49. The molecule has 1 aliphatic carbocycles.